The molecule has 0 unspecified atom stereocenters. The molecule has 0 aliphatic heterocycles. The number of carboxylic acid groups (broad SMARTS) is 1. The van der Waals surface area contributed by atoms with E-state index in [-0.39, 0.29) is 23.7 Å². The molecule has 0 aromatic rings. The van der Waals surface area contributed by atoms with E-state index in [2.05, 4.69) is 20.1 Å². The first-order valence-electron chi connectivity index (χ1n) is 13.0. The highest BCUT2D eigenvalue weighted by molar-refractivity contribution is 5.82. The smallest absolute Gasteiger partial charge is 0.407 e. The second-order valence-corrected chi connectivity index (χ2v) is 11.9. The van der Waals surface area contributed by atoms with Crippen LogP contribution in [0, 0.1) is 17.8 Å². The zero-order chi connectivity index (χ0) is 32.6. The second-order valence-electron chi connectivity index (χ2n) is 11.9. The van der Waals surface area contributed by atoms with E-state index in [1.807, 2.05) is 48.5 Å². The first-order chi connectivity index (χ1) is 17.9. The molecular formula is C27H53N3O10. The highest BCUT2D eigenvalue weighted by Crippen LogP contribution is 2.13. The van der Waals surface area contributed by atoms with Gasteiger partial charge in [-0.05, 0) is 59.3 Å². The summed E-state index contributed by atoms with van der Waals surface area (Å²) in [7, 11) is 2.44. The maximum atomic E-state index is 11.8. The lowest BCUT2D eigenvalue weighted by atomic mass is 10.0. The van der Waals surface area contributed by atoms with Gasteiger partial charge in [-0.2, -0.15) is 0 Å². The molecule has 0 aliphatic rings. The van der Waals surface area contributed by atoms with Gasteiger partial charge in [0.1, 0.15) is 29.3 Å². The van der Waals surface area contributed by atoms with Crippen LogP contribution in [0.3, 0.4) is 0 Å². The SMILES string of the molecule is CC(C)[C@H](N)C(=O)OC(C)(C)C.COC(=O)N[C@H](C(=O)O)C(C)C.COC(=O)N[C@H](C(=O)OC(C)(C)C)C(C)C. The zero-order valence-electron chi connectivity index (χ0n) is 26.7. The lowest BCUT2D eigenvalue weighted by Crippen LogP contribution is -2.47. The van der Waals surface area contributed by atoms with E-state index < -0.39 is 53.5 Å². The van der Waals surface area contributed by atoms with Crippen LogP contribution in [0.15, 0.2) is 0 Å². The number of amides is 2. The summed E-state index contributed by atoms with van der Waals surface area (Å²) in [6, 6.07) is -2.09. The molecule has 0 radical (unpaired) electrons. The summed E-state index contributed by atoms with van der Waals surface area (Å²) in [5.74, 6) is -1.93. The number of aliphatic carboxylic acids is 1. The van der Waals surface area contributed by atoms with Crippen molar-refractivity contribution in [3.05, 3.63) is 0 Å². The molecule has 0 rings (SSSR count). The Kier molecular flexibility index (Phi) is 19.7. The Morgan fingerprint density at radius 2 is 0.950 bits per heavy atom. The van der Waals surface area contributed by atoms with E-state index in [9.17, 15) is 24.0 Å². The van der Waals surface area contributed by atoms with E-state index in [0.29, 0.717) is 0 Å². The van der Waals surface area contributed by atoms with Crippen molar-refractivity contribution < 1.29 is 48.0 Å². The van der Waals surface area contributed by atoms with E-state index in [1.54, 1.807) is 34.6 Å². The molecule has 0 aliphatic carbocycles. The minimum absolute atomic E-state index is 0.0612. The lowest BCUT2D eigenvalue weighted by Gasteiger charge is -2.26. The third-order valence-electron chi connectivity index (χ3n) is 4.57. The number of carbonyl (C=O) groups excluding carboxylic acids is 4. The number of esters is 2. The number of methoxy groups -OCH3 is 2. The number of hydrogen-bond acceptors (Lipinski definition) is 10. The largest absolute Gasteiger partial charge is 0.480 e. The average molecular weight is 580 g/mol. The normalized spacial score (nSPS) is 13.3. The molecule has 5 N–H and O–H groups in total. The zero-order valence-corrected chi connectivity index (χ0v) is 26.7. The minimum Gasteiger partial charge on any atom is -0.480 e. The average Bonchev–Trinajstić information content (AvgIpc) is 2.77. The van der Waals surface area contributed by atoms with Crippen LogP contribution >= 0.6 is 0 Å². The Hall–Kier alpha value is -3.09. The number of rotatable bonds is 8. The molecule has 0 heterocycles. The fourth-order valence-electron chi connectivity index (χ4n) is 2.39. The molecule has 0 saturated heterocycles. The van der Waals surface area contributed by atoms with Gasteiger partial charge in [0, 0.05) is 0 Å². The number of carboxylic acids is 1. The van der Waals surface area contributed by atoms with Crippen molar-refractivity contribution in [2.75, 3.05) is 14.2 Å². The summed E-state index contributed by atoms with van der Waals surface area (Å²) < 4.78 is 19.0. The Morgan fingerprint density at radius 1 is 0.625 bits per heavy atom. The summed E-state index contributed by atoms with van der Waals surface area (Å²) >= 11 is 0. The van der Waals surface area contributed by atoms with Gasteiger partial charge < -0.3 is 40.4 Å². The summed E-state index contributed by atoms with van der Waals surface area (Å²) in [6.07, 6.45) is -1.36. The van der Waals surface area contributed by atoms with Crippen LogP contribution in [-0.2, 0) is 33.3 Å². The first kappa shape index (κ1) is 41.4. The predicted octanol–water partition coefficient (Wildman–Crippen LogP) is 3.47. The van der Waals surface area contributed by atoms with Crippen molar-refractivity contribution in [2.24, 2.45) is 23.5 Å². The van der Waals surface area contributed by atoms with Crippen LogP contribution in [0.5, 0.6) is 0 Å². The molecule has 2 amide bonds. The number of nitrogens with one attached hydrogen (secondary N) is 2. The van der Waals surface area contributed by atoms with Gasteiger partial charge in [-0.15, -0.1) is 0 Å². The standard InChI is InChI=1S/C11H21NO4.C9H19NO2.C7H13NO4/c1-7(2)8(12-10(14)15-6)9(13)16-11(3,4)5;1-6(2)7(10)8(11)12-9(3,4)5;1-4(2)5(6(9)10)8-7(11)12-3/h7-8H,1-6H3,(H,12,14);6-7H,10H2,1-5H3;4-5H,1-3H3,(H,8,11)(H,9,10)/t8-;7-;5-/m000/s1. The van der Waals surface area contributed by atoms with Crippen LogP contribution in [-0.4, -0.2) is 78.7 Å². The summed E-state index contributed by atoms with van der Waals surface area (Å²) in [5, 5.41) is 13.3. The van der Waals surface area contributed by atoms with Crippen LogP contribution in [0.4, 0.5) is 9.59 Å². The highest BCUT2D eigenvalue weighted by atomic mass is 16.6. The van der Waals surface area contributed by atoms with Crippen LogP contribution in [0.2, 0.25) is 0 Å². The number of nitrogens with two attached hydrogens (primary N) is 1. The third-order valence-corrected chi connectivity index (χ3v) is 4.57. The topological polar surface area (TPSA) is 193 Å². The van der Waals surface area contributed by atoms with Gasteiger partial charge in [-0.25, -0.2) is 19.2 Å². The molecule has 0 aromatic heterocycles. The molecule has 0 aromatic carbocycles. The van der Waals surface area contributed by atoms with E-state index in [4.69, 9.17) is 20.3 Å². The van der Waals surface area contributed by atoms with E-state index in [1.165, 1.54) is 14.2 Å². The predicted molar refractivity (Wildman–Crippen MR) is 150 cm³/mol. The quantitative estimate of drug-likeness (QED) is 0.243. The monoisotopic (exact) mass is 579 g/mol. The molecule has 0 fully saturated rings. The summed E-state index contributed by atoms with van der Waals surface area (Å²) in [5.41, 5.74) is 4.58. The summed E-state index contributed by atoms with van der Waals surface area (Å²) in [6.45, 7) is 21.7. The van der Waals surface area contributed by atoms with E-state index >= 15 is 0 Å². The maximum absolute atomic E-state index is 11.8. The van der Waals surface area contributed by atoms with Crippen molar-refractivity contribution in [2.45, 2.75) is 112 Å². The van der Waals surface area contributed by atoms with Crippen LogP contribution in [0.1, 0.15) is 83.1 Å². The van der Waals surface area contributed by atoms with Gasteiger partial charge in [0.15, 0.2) is 0 Å². The fourth-order valence-corrected chi connectivity index (χ4v) is 2.39. The van der Waals surface area contributed by atoms with Gasteiger partial charge >= 0.3 is 30.1 Å². The van der Waals surface area contributed by atoms with Crippen LogP contribution < -0.4 is 16.4 Å². The molecule has 40 heavy (non-hydrogen) atoms. The summed E-state index contributed by atoms with van der Waals surface area (Å²) in [4.78, 5) is 55.2. The lowest BCUT2D eigenvalue weighted by molar-refractivity contribution is -0.159. The van der Waals surface area contributed by atoms with Crippen molar-refractivity contribution >= 4 is 30.1 Å². The highest BCUT2D eigenvalue weighted by Gasteiger charge is 2.29. The molecule has 236 valence electrons. The molecule has 0 spiro atoms. The van der Waals surface area contributed by atoms with Crippen molar-refractivity contribution in [3.8, 4) is 0 Å². The fraction of sp³-hybridized carbons (Fsp3) is 0.815. The minimum atomic E-state index is -1.06. The van der Waals surface area contributed by atoms with E-state index in [0.717, 1.165) is 0 Å². The molecule has 13 nitrogen and oxygen atoms in total. The number of alkyl carbamates (subject to hydrolysis) is 2. The molecule has 0 bridgehead atoms. The Morgan fingerprint density at radius 3 is 1.20 bits per heavy atom. The molecule has 13 heteroatoms. The maximum Gasteiger partial charge on any atom is 0.407 e. The molecule has 0 saturated carbocycles. The number of ether oxygens (including phenoxy) is 4. The van der Waals surface area contributed by atoms with Crippen molar-refractivity contribution in [1.29, 1.82) is 0 Å². The van der Waals surface area contributed by atoms with Gasteiger partial charge in [0.05, 0.1) is 14.2 Å². The first-order valence-corrected chi connectivity index (χ1v) is 13.0. The van der Waals surface area contributed by atoms with Gasteiger partial charge in [0.25, 0.3) is 0 Å². The van der Waals surface area contributed by atoms with Gasteiger partial charge in [-0.1, -0.05) is 41.5 Å². The number of hydrogen-bond donors (Lipinski definition) is 4. The van der Waals surface area contributed by atoms with Crippen molar-refractivity contribution in [1.82, 2.24) is 10.6 Å². The third kappa shape index (κ3) is 21.8. The van der Waals surface area contributed by atoms with Gasteiger partial charge in [0.2, 0.25) is 0 Å². The number of carbonyl (C=O) groups is 5. The van der Waals surface area contributed by atoms with Crippen molar-refractivity contribution in [3.63, 3.8) is 0 Å². The van der Waals surface area contributed by atoms with Gasteiger partial charge in [-0.3, -0.25) is 4.79 Å². The molecule has 3 atom stereocenters. The Bertz CT molecular complexity index is 799. The Balaban J connectivity index is -0.000000522. The Labute approximate surface area is 239 Å². The molecular weight excluding hydrogens is 526 g/mol. The van der Waals surface area contributed by atoms with Crippen LogP contribution in [0.25, 0.3) is 0 Å². The second kappa shape index (κ2) is 19.1.